The zero-order valence-corrected chi connectivity index (χ0v) is 12.0. The first-order chi connectivity index (χ1) is 10.9. The molecule has 6 nitrogen and oxygen atoms in total. The van der Waals surface area contributed by atoms with Crippen LogP contribution in [0.25, 0.3) is 0 Å². The van der Waals surface area contributed by atoms with E-state index < -0.39 is 29.6 Å². The van der Waals surface area contributed by atoms with Crippen molar-refractivity contribution in [2.24, 2.45) is 0 Å². The molecule has 1 aromatic carbocycles. The molecular weight excluding hydrogens is 310 g/mol. The van der Waals surface area contributed by atoms with Crippen LogP contribution in [0.4, 0.5) is 14.5 Å². The van der Waals surface area contributed by atoms with E-state index in [9.17, 15) is 23.6 Å². The van der Waals surface area contributed by atoms with Crippen LogP contribution in [0.15, 0.2) is 42.6 Å². The van der Waals surface area contributed by atoms with Gasteiger partial charge < -0.3 is 15.3 Å². The van der Waals surface area contributed by atoms with Gasteiger partial charge >= 0.3 is 11.7 Å². The van der Waals surface area contributed by atoms with Crippen LogP contribution in [0.1, 0.15) is 17.4 Å². The number of esters is 1. The number of amides is 1. The highest BCUT2D eigenvalue weighted by atomic mass is 19.1. The van der Waals surface area contributed by atoms with Crippen molar-refractivity contribution in [3.8, 4) is 0 Å². The Balaban J connectivity index is 2.04. The van der Waals surface area contributed by atoms with Crippen LogP contribution in [0.5, 0.6) is 0 Å². The van der Waals surface area contributed by atoms with Crippen molar-refractivity contribution in [1.29, 1.82) is 0 Å². The highest BCUT2D eigenvalue weighted by molar-refractivity contribution is 5.96. The van der Waals surface area contributed by atoms with E-state index in [4.69, 9.17) is 4.74 Å². The SMILES string of the molecule is C[C@H](OC(=O)c1cccc[n+]1[O-])C(=O)Nc1cc(F)ccc1F. The number of ether oxygens (including phenoxy) is 1. The summed E-state index contributed by atoms with van der Waals surface area (Å²) < 4.78 is 31.6. The monoisotopic (exact) mass is 322 g/mol. The molecule has 8 heteroatoms. The Labute approximate surface area is 129 Å². The van der Waals surface area contributed by atoms with E-state index >= 15 is 0 Å². The number of nitrogens with zero attached hydrogens (tertiary/aromatic N) is 1. The van der Waals surface area contributed by atoms with Gasteiger partial charge in [0.2, 0.25) is 0 Å². The Kier molecular flexibility index (Phi) is 4.85. The number of rotatable bonds is 4. The summed E-state index contributed by atoms with van der Waals surface area (Å²) >= 11 is 0. The van der Waals surface area contributed by atoms with E-state index in [1.165, 1.54) is 25.1 Å². The minimum absolute atomic E-state index is 0.291. The maximum absolute atomic E-state index is 13.4. The van der Waals surface area contributed by atoms with E-state index in [0.29, 0.717) is 4.73 Å². The van der Waals surface area contributed by atoms with Crippen molar-refractivity contribution in [2.45, 2.75) is 13.0 Å². The zero-order valence-electron chi connectivity index (χ0n) is 12.0. The molecule has 23 heavy (non-hydrogen) atoms. The molecule has 0 bridgehead atoms. The van der Waals surface area contributed by atoms with E-state index in [0.717, 1.165) is 24.4 Å². The molecule has 1 aromatic heterocycles. The number of hydrogen-bond acceptors (Lipinski definition) is 4. The molecule has 0 radical (unpaired) electrons. The third-order valence-corrected chi connectivity index (χ3v) is 2.87. The van der Waals surface area contributed by atoms with Gasteiger partial charge in [-0.05, 0) is 25.1 Å². The molecule has 0 saturated carbocycles. The van der Waals surface area contributed by atoms with Crippen LogP contribution < -0.4 is 10.0 Å². The van der Waals surface area contributed by atoms with Gasteiger partial charge in [0.1, 0.15) is 11.6 Å². The van der Waals surface area contributed by atoms with E-state index in [2.05, 4.69) is 5.32 Å². The molecule has 0 aliphatic heterocycles. The van der Waals surface area contributed by atoms with Gasteiger partial charge in [0, 0.05) is 18.2 Å². The lowest BCUT2D eigenvalue weighted by Gasteiger charge is -2.13. The van der Waals surface area contributed by atoms with Crippen molar-refractivity contribution in [2.75, 3.05) is 5.32 Å². The third kappa shape index (κ3) is 4.00. The van der Waals surface area contributed by atoms with E-state index in [1.54, 1.807) is 0 Å². The highest BCUT2D eigenvalue weighted by Gasteiger charge is 2.24. The summed E-state index contributed by atoms with van der Waals surface area (Å²) in [7, 11) is 0. The minimum atomic E-state index is -1.31. The second-order valence-electron chi connectivity index (χ2n) is 4.57. The molecule has 0 aliphatic carbocycles. The summed E-state index contributed by atoms with van der Waals surface area (Å²) in [5, 5.41) is 13.5. The number of aromatic nitrogens is 1. The Hall–Kier alpha value is -3.03. The normalized spacial score (nSPS) is 11.6. The number of hydrogen-bond donors (Lipinski definition) is 1. The lowest BCUT2D eigenvalue weighted by Crippen LogP contribution is -2.37. The number of pyridine rings is 1. The fraction of sp³-hybridized carbons (Fsp3) is 0.133. The summed E-state index contributed by atoms with van der Waals surface area (Å²) in [6.45, 7) is 1.24. The minimum Gasteiger partial charge on any atom is -0.618 e. The highest BCUT2D eigenvalue weighted by Crippen LogP contribution is 2.16. The second-order valence-corrected chi connectivity index (χ2v) is 4.57. The fourth-order valence-electron chi connectivity index (χ4n) is 1.69. The summed E-state index contributed by atoms with van der Waals surface area (Å²) in [6.07, 6.45) is -0.214. The number of carbonyl (C=O) groups excluding carboxylic acids is 2. The number of halogens is 2. The molecule has 120 valence electrons. The molecule has 0 spiro atoms. The summed E-state index contributed by atoms with van der Waals surface area (Å²) in [5.41, 5.74) is -0.680. The van der Waals surface area contributed by atoms with Gasteiger partial charge in [-0.25, -0.2) is 13.6 Å². The summed E-state index contributed by atoms with van der Waals surface area (Å²) in [4.78, 5) is 23.7. The predicted octanol–water partition coefficient (Wildman–Crippen LogP) is 1.78. The van der Waals surface area contributed by atoms with Crippen molar-refractivity contribution >= 4 is 17.6 Å². The smallest absolute Gasteiger partial charge is 0.405 e. The maximum atomic E-state index is 13.4. The topological polar surface area (TPSA) is 82.3 Å². The number of anilines is 1. The Bertz CT molecular complexity index is 752. The molecule has 0 fully saturated rings. The van der Waals surface area contributed by atoms with Gasteiger partial charge in [-0.3, -0.25) is 4.79 Å². The number of carbonyl (C=O) groups is 2. The molecule has 0 aliphatic rings. The second kappa shape index (κ2) is 6.82. The predicted molar refractivity (Wildman–Crippen MR) is 75.3 cm³/mol. The summed E-state index contributed by atoms with van der Waals surface area (Å²) in [5.74, 6) is -3.44. The van der Waals surface area contributed by atoms with Crippen LogP contribution in [0.3, 0.4) is 0 Å². The summed E-state index contributed by atoms with van der Waals surface area (Å²) in [6, 6.07) is 6.66. The number of nitrogens with one attached hydrogen (secondary N) is 1. The first kappa shape index (κ1) is 16.3. The van der Waals surface area contributed by atoms with Gasteiger partial charge in [-0.2, -0.15) is 4.73 Å². The van der Waals surface area contributed by atoms with Crippen molar-refractivity contribution in [3.63, 3.8) is 0 Å². The maximum Gasteiger partial charge on any atom is 0.405 e. The van der Waals surface area contributed by atoms with Gasteiger partial charge in [0.05, 0.1) is 5.69 Å². The van der Waals surface area contributed by atoms with Crippen LogP contribution in [0, 0.1) is 16.8 Å². The first-order valence-electron chi connectivity index (χ1n) is 6.53. The first-order valence-corrected chi connectivity index (χ1v) is 6.53. The third-order valence-electron chi connectivity index (χ3n) is 2.87. The molecule has 2 rings (SSSR count). The van der Waals surface area contributed by atoms with Crippen LogP contribution in [-0.4, -0.2) is 18.0 Å². The average molecular weight is 322 g/mol. The fourth-order valence-corrected chi connectivity index (χ4v) is 1.69. The van der Waals surface area contributed by atoms with Crippen molar-refractivity contribution in [3.05, 3.63) is 65.1 Å². The Morgan fingerprint density at radius 3 is 2.70 bits per heavy atom. The standard InChI is InChI=1S/C15H12F2N2O4/c1-9(23-15(21)13-4-2-3-7-19(13)22)14(20)18-12-8-10(16)5-6-11(12)17/h2-9H,1H3,(H,18,20)/t9-/m0/s1. The van der Waals surface area contributed by atoms with Crippen LogP contribution in [-0.2, 0) is 9.53 Å². The largest absolute Gasteiger partial charge is 0.618 e. The van der Waals surface area contributed by atoms with Crippen LogP contribution >= 0.6 is 0 Å². The van der Waals surface area contributed by atoms with Gasteiger partial charge in [-0.1, -0.05) is 0 Å². The molecule has 2 aromatic rings. The van der Waals surface area contributed by atoms with Crippen molar-refractivity contribution < 1.29 is 27.8 Å². The van der Waals surface area contributed by atoms with Crippen LogP contribution in [0.2, 0.25) is 0 Å². The average Bonchev–Trinajstić information content (AvgIpc) is 2.51. The zero-order chi connectivity index (χ0) is 17.0. The molecular formula is C15H12F2N2O4. The number of benzene rings is 1. The Morgan fingerprint density at radius 2 is 2.00 bits per heavy atom. The van der Waals surface area contributed by atoms with Gasteiger partial charge in [0.15, 0.2) is 12.3 Å². The lowest BCUT2D eigenvalue weighted by molar-refractivity contribution is -0.608. The molecule has 0 saturated heterocycles. The van der Waals surface area contributed by atoms with Gasteiger partial charge in [-0.15, -0.1) is 0 Å². The quantitative estimate of drug-likeness (QED) is 0.528. The molecule has 1 N–H and O–H groups in total. The van der Waals surface area contributed by atoms with Gasteiger partial charge in [0.25, 0.3) is 5.91 Å². The molecule has 1 amide bonds. The molecule has 1 heterocycles. The van der Waals surface area contributed by atoms with E-state index in [-0.39, 0.29) is 11.4 Å². The molecule has 0 unspecified atom stereocenters. The lowest BCUT2D eigenvalue weighted by atomic mass is 10.2. The van der Waals surface area contributed by atoms with Crippen molar-refractivity contribution in [1.82, 2.24) is 0 Å². The Morgan fingerprint density at radius 1 is 1.26 bits per heavy atom. The van der Waals surface area contributed by atoms with E-state index in [1.807, 2.05) is 0 Å². The molecule has 1 atom stereocenters.